The molecule has 0 unspecified atom stereocenters. The number of amides is 1. The van der Waals surface area contributed by atoms with Gasteiger partial charge in [-0.25, -0.2) is 0 Å². The van der Waals surface area contributed by atoms with Gasteiger partial charge in [-0.3, -0.25) is 4.79 Å². The summed E-state index contributed by atoms with van der Waals surface area (Å²) in [7, 11) is 0. The zero-order valence-corrected chi connectivity index (χ0v) is 13.0. The third-order valence-electron chi connectivity index (χ3n) is 2.71. The maximum Gasteiger partial charge on any atom is 0.224 e. The Bertz CT molecular complexity index is 395. The Balaban J connectivity index is 2.29. The van der Waals surface area contributed by atoms with Crippen LogP contribution < -0.4 is 5.32 Å². The van der Waals surface area contributed by atoms with Gasteiger partial charge in [-0.05, 0) is 40.5 Å². The zero-order valence-electron chi connectivity index (χ0n) is 10.6. The highest BCUT2D eigenvalue weighted by molar-refractivity contribution is 9.10. The number of benzene rings is 1. The number of anilines is 1. The Hall–Kier alpha value is -0.540. The summed E-state index contributed by atoms with van der Waals surface area (Å²) in [6.07, 6.45) is 6.36. The van der Waals surface area contributed by atoms with Crippen molar-refractivity contribution < 1.29 is 4.79 Å². The molecule has 1 aromatic carbocycles. The Labute approximate surface area is 122 Å². The lowest BCUT2D eigenvalue weighted by atomic mass is 10.1. The van der Waals surface area contributed by atoms with Gasteiger partial charge in [-0.2, -0.15) is 0 Å². The first kappa shape index (κ1) is 15.5. The number of nitrogens with one attached hydrogen (secondary N) is 1. The molecule has 1 rings (SSSR count). The van der Waals surface area contributed by atoms with Crippen LogP contribution in [0.25, 0.3) is 0 Å². The summed E-state index contributed by atoms with van der Waals surface area (Å²) >= 11 is 9.28. The fourth-order valence-corrected chi connectivity index (χ4v) is 2.11. The van der Waals surface area contributed by atoms with Crippen molar-refractivity contribution in [3.63, 3.8) is 0 Å². The number of carbonyl (C=O) groups excluding carboxylic acids is 1. The van der Waals surface area contributed by atoms with E-state index in [0.29, 0.717) is 11.4 Å². The largest absolute Gasteiger partial charge is 0.326 e. The van der Waals surface area contributed by atoms with E-state index in [1.807, 2.05) is 12.1 Å². The molecule has 0 spiro atoms. The summed E-state index contributed by atoms with van der Waals surface area (Å²) in [5.74, 6) is 0.0601. The van der Waals surface area contributed by atoms with Gasteiger partial charge in [-0.15, -0.1) is 0 Å². The van der Waals surface area contributed by atoms with Gasteiger partial charge in [0.15, 0.2) is 0 Å². The van der Waals surface area contributed by atoms with Crippen molar-refractivity contribution >= 4 is 39.1 Å². The van der Waals surface area contributed by atoms with E-state index in [9.17, 15) is 4.79 Å². The van der Waals surface area contributed by atoms with Crippen molar-refractivity contribution in [1.29, 1.82) is 0 Å². The second-order valence-electron chi connectivity index (χ2n) is 4.34. The fourth-order valence-electron chi connectivity index (χ4n) is 1.69. The van der Waals surface area contributed by atoms with Gasteiger partial charge in [-0.1, -0.05) is 44.2 Å². The molecular formula is C14H19BrClNO. The Morgan fingerprint density at radius 2 is 2.00 bits per heavy atom. The Morgan fingerprint density at radius 3 is 2.67 bits per heavy atom. The lowest BCUT2D eigenvalue weighted by Gasteiger charge is -2.06. The molecule has 0 aliphatic carbocycles. The van der Waals surface area contributed by atoms with Crippen molar-refractivity contribution in [1.82, 2.24) is 0 Å². The van der Waals surface area contributed by atoms with Crippen LogP contribution in [-0.2, 0) is 4.79 Å². The first-order chi connectivity index (χ1) is 8.63. The molecule has 0 saturated heterocycles. The predicted octanol–water partition coefficient (Wildman–Crippen LogP) is 5.40. The molecule has 0 aliphatic rings. The first-order valence-electron chi connectivity index (χ1n) is 6.38. The minimum atomic E-state index is 0.0601. The van der Waals surface area contributed by atoms with E-state index in [1.54, 1.807) is 6.07 Å². The smallest absolute Gasteiger partial charge is 0.224 e. The number of hydrogen-bond donors (Lipinski definition) is 1. The van der Waals surface area contributed by atoms with E-state index in [4.69, 9.17) is 11.6 Å². The predicted molar refractivity (Wildman–Crippen MR) is 81.2 cm³/mol. The molecule has 0 bridgehead atoms. The summed E-state index contributed by atoms with van der Waals surface area (Å²) < 4.78 is 0.835. The van der Waals surface area contributed by atoms with E-state index in [-0.39, 0.29) is 5.91 Å². The van der Waals surface area contributed by atoms with Gasteiger partial charge in [0.05, 0.1) is 5.02 Å². The van der Waals surface area contributed by atoms with Gasteiger partial charge in [0.2, 0.25) is 5.91 Å². The molecule has 0 atom stereocenters. The standard InChI is InChI=1S/C14H19BrClNO/c1-2-3-4-5-6-7-14(18)17-11-8-9-12(15)13(16)10-11/h8-10H,2-7H2,1H3,(H,17,18). The topological polar surface area (TPSA) is 29.1 Å². The quantitative estimate of drug-likeness (QED) is 0.665. The van der Waals surface area contributed by atoms with Gasteiger partial charge >= 0.3 is 0 Å². The molecule has 0 fully saturated rings. The third kappa shape index (κ3) is 5.87. The minimum absolute atomic E-state index is 0.0601. The molecule has 100 valence electrons. The van der Waals surface area contributed by atoms with Gasteiger partial charge in [0.25, 0.3) is 0 Å². The summed E-state index contributed by atoms with van der Waals surface area (Å²) in [5, 5.41) is 3.46. The van der Waals surface area contributed by atoms with E-state index >= 15 is 0 Å². The van der Waals surface area contributed by atoms with Crippen molar-refractivity contribution in [2.24, 2.45) is 0 Å². The molecular weight excluding hydrogens is 314 g/mol. The lowest BCUT2D eigenvalue weighted by molar-refractivity contribution is -0.116. The van der Waals surface area contributed by atoms with Crippen LogP contribution in [0.3, 0.4) is 0 Å². The summed E-state index contributed by atoms with van der Waals surface area (Å²) in [5.41, 5.74) is 0.752. The molecule has 4 heteroatoms. The Morgan fingerprint density at radius 1 is 1.28 bits per heavy atom. The molecule has 0 saturated carbocycles. The number of hydrogen-bond acceptors (Lipinski definition) is 1. The maximum atomic E-state index is 11.7. The third-order valence-corrected chi connectivity index (χ3v) is 3.94. The normalized spacial score (nSPS) is 10.4. The van der Waals surface area contributed by atoms with Crippen LogP contribution in [-0.4, -0.2) is 5.91 Å². The van der Waals surface area contributed by atoms with Gasteiger partial charge in [0, 0.05) is 16.6 Å². The highest BCUT2D eigenvalue weighted by atomic mass is 79.9. The van der Waals surface area contributed by atoms with E-state index in [0.717, 1.165) is 23.0 Å². The van der Waals surface area contributed by atoms with E-state index in [2.05, 4.69) is 28.2 Å². The van der Waals surface area contributed by atoms with Crippen molar-refractivity contribution in [3.8, 4) is 0 Å². The van der Waals surface area contributed by atoms with Crippen LogP contribution in [0.2, 0.25) is 5.02 Å². The summed E-state index contributed by atoms with van der Waals surface area (Å²) in [6, 6.07) is 5.42. The molecule has 0 heterocycles. The van der Waals surface area contributed by atoms with Crippen LogP contribution in [0.4, 0.5) is 5.69 Å². The number of rotatable bonds is 7. The van der Waals surface area contributed by atoms with Gasteiger partial charge in [0.1, 0.15) is 0 Å². The van der Waals surface area contributed by atoms with Crippen LogP contribution in [0.15, 0.2) is 22.7 Å². The molecule has 2 nitrogen and oxygen atoms in total. The highest BCUT2D eigenvalue weighted by Crippen LogP contribution is 2.25. The molecule has 1 amide bonds. The minimum Gasteiger partial charge on any atom is -0.326 e. The molecule has 0 aromatic heterocycles. The molecule has 0 aliphatic heterocycles. The van der Waals surface area contributed by atoms with Crippen LogP contribution >= 0.6 is 27.5 Å². The molecule has 1 N–H and O–H groups in total. The monoisotopic (exact) mass is 331 g/mol. The molecule has 1 aromatic rings. The van der Waals surface area contributed by atoms with Crippen molar-refractivity contribution in [2.75, 3.05) is 5.32 Å². The van der Waals surface area contributed by atoms with Crippen LogP contribution in [0, 0.1) is 0 Å². The van der Waals surface area contributed by atoms with Crippen LogP contribution in [0.5, 0.6) is 0 Å². The first-order valence-corrected chi connectivity index (χ1v) is 7.55. The fraction of sp³-hybridized carbons (Fsp3) is 0.500. The second-order valence-corrected chi connectivity index (χ2v) is 5.60. The maximum absolute atomic E-state index is 11.7. The Kier molecular flexibility index (Phi) is 7.36. The van der Waals surface area contributed by atoms with Crippen LogP contribution in [0.1, 0.15) is 45.4 Å². The van der Waals surface area contributed by atoms with E-state index in [1.165, 1.54) is 19.3 Å². The average Bonchev–Trinajstić information content (AvgIpc) is 2.34. The zero-order chi connectivity index (χ0) is 13.4. The van der Waals surface area contributed by atoms with Crippen molar-refractivity contribution in [3.05, 3.63) is 27.7 Å². The molecule has 0 radical (unpaired) electrons. The highest BCUT2D eigenvalue weighted by Gasteiger charge is 2.04. The summed E-state index contributed by atoms with van der Waals surface area (Å²) in [4.78, 5) is 11.7. The lowest BCUT2D eigenvalue weighted by Crippen LogP contribution is -2.10. The molecule has 18 heavy (non-hydrogen) atoms. The second kappa shape index (κ2) is 8.54. The number of carbonyl (C=O) groups is 1. The van der Waals surface area contributed by atoms with Gasteiger partial charge < -0.3 is 5.32 Å². The average molecular weight is 333 g/mol. The number of halogens is 2. The van der Waals surface area contributed by atoms with E-state index < -0.39 is 0 Å². The van der Waals surface area contributed by atoms with Crippen molar-refractivity contribution in [2.45, 2.75) is 45.4 Å². The SMILES string of the molecule is CCCCCCCC(=O)Nc1ccc(Br)c(Cl)c1. The summed E-state index contributed by atoms with van der Waals surface area (Å²) in [6.45, 7) is 2.18. The number of unbranched alkanes of at least 4 members (excludes halogenated alkanes) is 4.